The fraction of sp³-hybridized carbons (Fsp3) is 0.259. The largest absolute Gasteiger partial charge is 0.495 e. The Hall–Kier alpha value is -3.80. The number of carbonyl (C=O) groups is 1. The number of amides is 1. The summed E-state index contributed by atoms with van der Waals surface area (Å²) in [6.45, 7) is 4.11. The normalized spacial score (nSPS) is 16.9. The van der Waals surface area contributed by atoms with Gasteiger partial charge in [-0.2, -0.15) is 0 Å². The predicted octanol–water partition coefficient (Wildman–Crippen LogP) is 4.72. The van der Waals surface area contributed by atoms with E-state index in [1.807, 2.05) is 48.0 Å². The summed E-state index contributed by atoms with van der Waals surface area (Å²) in [6, 6.07) is 13.3. The molecule has 38 heavy (non-hydrogen) atoms. The zero-order chi connectivity index (χ0) is 26.8. The number of thiocarbonyl (C=S) groups is 1. The lowest BCUT2D eigenvalue weighted by molar-refractivity contribution is -0.119. The van der Waals surface area contributed by atoms with Crippen molar-refractivity contribution in [2.75, 3.05) is 31.0 Å². The van der Waals surface area contributed by atoms with Crippen LogP contribution in [0.2, 0.25) is 0 Å². The summed E-state index contributed by atoms with van der Waals surface area (Å²) in [5.74, 6) is 0.260. The standard InChI is InChI=1S/C27H28N6O3S2/c1-16-13-19(17(2)32(16)27-29-11-12-38-27)25-24(20-7-5-6-10-28-20)31-26(37)33(25)18-8-9-22(36-4)21(14-18)30-23(34)15-35-3/h5-14,24-25H,15H2,1-4H3,(H,30,34)(H,31,37)/t24-,25-/m1/s1. The Balaban J connectivity index is 1.64. The third-order valence-corrected chi connectivity index (χ3v) is 7.58. The molecule has 0 spiro atoms. The molecule has 5 rings (SSSR count). The molecule has 0 bridgehead atoms. The minimum Gasteiger partial charge on any atom is -0.495 e. The SMILES string of the molecule is COCC(=O)Nc1cc(N2C(=S)N[C@H](c3ccccn3)[C@H]2c2cc(C)n(-c3nccs3)c2C)ccc1OC. The number of nitrogens with zero attached hydrogens (tertiary/aromatic N) is 4. The molecule has 0 saturated carbocycles. The number of ether oxygens (including phenoxy) is 2. The number of rotatable bonds is 8. The van der Waals surface area contributed by atoms with Crippen molar-refractivity contribution in [2.45, 2.75) is 25.9 Å². The van der Waals surface area contributed by atoms with Crippen molar-refractivity contribution in [1.29, 1.82) is 0 Å². The number of methoxy groups -OCH3 is 2. The Morgan fingerprint density at radius 2 is 2.00 bits per heavy atom. The first-order valence-electron chi connectivity index (χ1n) is 12.0. The van der Waals surface area contributed by atoms with Crippen molar-refractivity contribution >= 4 is 45.9 Å². The summed E-state index contributed by atoms with van der Waals surface area (Å²) in [5, 5.41) is 9.82. The van der Waals surface area contributed by atoms with Gasteiger partial charge in [0.2, 0.25) is 5.91 Å². The lowest BCUT2D eigenvalue weighted by Crippen LogP contribution is -2.29. The van der Waals surface area contributed by atoms with Crippen molar-refractivity contribution in [1.82, 2.24) is 19.9 Å². The first-order chi connectivity index (χ1) is 18.4. The first kappa shape index (κ1) is 25.8. The van der Waals surface area contributed by atoms with Gasteiger partial charge in [-0.1, -0.05) is 6.07 Å². The molecule has 9 nitrogen and oxygen atoms in total. The van der Waals surface area contributed by atoms with E-state index in [4.69, 9.17) is 21.7 Å². The molecule has 1 aliphatic rings. The second-order valence-corrected chi connectivity index (χ2v) is 10.1. The van der Waals surface area contributed by atoms with Crippen molar-refractivity contribution < 1.29 is 14.3 Å². The van der Waals surface area contributed by atoms with E-state index in [-0.39, 0.29) is 24.6 Å². The summed E-state index contributed by atoms with van der Waals surface area (Å²) in [6.07, 6.45) is 3.60. The monoisotopic (exact) mass is 548 g/mol. The summed E-state index contributed by atoms with van der Waals surface area (Å²) in [7, 11) is 3.04. The van der Waals surface area contributed by atoms with Crippen LogP contribution < -0.4 is 20.3 Å². The van der Waals surface area contributed by atoms with E-state index in [1.165, 1.54) is 7.11 Å². The smallest absolute Gasteiger partial charge is 0.250 e. The van der Waals surface area contributed by atoms with Gasteiger partial charge in [0.05, 0.1) is 30.6 Å². The number of hydrogen-bond acceptors (Lipinski definition) is 7. The second kappa shape index (κ2) is 10.9. The molecule has 2 N–H and O–H groups in total. The molecule has 4 heterocycles. The van der Waals surface area contributed by atoms with E-state index >= 15 is 0 Å². The highest BCUT2D eigenvalue weighted by atomic mass is 32.1. The van der Waals surface area contributed by atoms with Crippen LogP contribution in [0.1, 0.15) is 34.7 Å². The van der Waals surface area contributed by atoms with Gasteiger partial charge in [0.1, 0.15) is 12.4 Å². The predicted molar refractivity (Wildman–Crippen MR) is 152 cm³/mol. The van der Waals surface area contributed by atoms with E-state index in [9.17, 15) is 4.79 Å². The molecular formula is C27H28N6O3S2. The van der Waals surface area contributed by atoms with Crippen molar-refractivity contribution in [3.05, 3.63) is 82.9 Å². The zero-order valence-electron chi connectivity index (χ0n) is 21.5. The first-order valence-corrected chi connectivity index (χ1v) is 13.3. The van der Waals surface area contributed by atoms with Crippen LogP contribution in [0.15, 0.2) is 60.2 Å². The molecule has 0 unspecified atom stereocenters. The average Bonchev–Trinajstić information content (AvgIpc) is 3.62. The highest BCUT2D eigenvalue weighted by molar-refractivity contribution is 7.80. The Labute approximate surface area is 230 Å². The lowest BCUT2D eigenvalue weighted by Gasteiger charge is -2.29. The molecule has 11 heteroatoms. The Morgan fingerprint density at radius 1 is 1.16 bits per heavy atom. The van der Waals surface area contributed by atoms with E-state index in [1.54, 1.807) is 24.6 Å². The number of aromatic nitrogens is 3. The maximum Gasteiger partial charge on any atom is 0.250 e. The number of benzene rings is 1. The summed E-state index contributed by atoms with van der Waals surface area (Å²) in [4.78, 5) is 23.6. The van der Waals surface area contributed by atoms with Crippen LogP contribution in [0.5, 0.6) is 5.75 Å². The molecular weight excluding hydrogens is 520 g/mol. The third kappa shape index (κ3) is 4.75. The summed E-state index contributed by atoms with van der Waals surface area (Å²) in [5.41, 5.74) is 5.46. The molecule has 4 aromatic rings. The summed E-state index contributed by atoms with van der Waals surface area (Å²) >= 11 is 7.50. The zero-order valence-corrected chi connectivity index (χ0v) is 23.1. The van der Waals surface area contributed by atoms with Crippen molar-refractivity contribution in [2.24, 2.45) is 0 Å². The fourth-order valence-corrected chi connectivity index (χ4v) is 6.02. The number of hydrogen-bond donors (Lipinski definition) is 2. The molecule has 196 valence electrons. The maximum atomic E-state index is 12.3. The molecule has 1 fully saturated rings. The number of pyridine rings is 1. The number of thiazole rings is 1. The fourth-order valence-electron chi connectivity index (χ4n) is 4.92. The minimum absolute atomic E-state index is 0.0653. The van der Waals surface area contributed by atoms with Gasteiger partial charge in [-0.05, 0) is 68.0 Å². The van der Waals surface area contributed by atoms with Gasteiger partial charge in [-0.15, -0.1) is 11.3 Å². The van der Waals surface area contributed by atoms with Gasteiger partial charge in [-0.3, -0.25) is 14.3 Å². The highest BCUT2D eigenvalue weighted by Crippen LogP contribution is 2.45. The van der Waals surface area contributed by atoms with E-state index < -0.39 is 0 Å². The average molecular weight is 549 g/mol. The molecule has 1 aromatic carbocycles. The molecule has 1 saturated heterocycles. The van der Waals surface area contributed by atoms with E-state index in [2.05, 4.69) is 50.0 Å². The second-order valence-electron chi connectivity index (χ2n) is 8.84. The molecule has 1 aliphatic heterocycles. The van der Waals surface area contributed by atoms with Gasteiger partial charge in [0, 0.05) is 42.0 Å². The van der Waals surface area contributed by atoms with Crippen molar-refractivity contribution in [3.63, 3.8) is 0 Å². The molecule has 1 amide bonds. The Bertz CT molecular complexity index is 1460. The van der Waals surface area contributed by atoms with Crippen LogP contribution in [0.25, 0.3) is 5.13 Å². The van der Waals surface area contributed by atoms with Gasteiger partial charge in [-0.25, -0.2) is 4.98 Å². The number of aryl methyl sites for hydroxylation is 1. The van der Waals surface area contributed by atoms with Crippen LogP contribution in [0.4, 0.5) is 11.4 Å². The topological polar surface area (TPSA) is 93.5 Å². The van der Waals surface area contributed by atoms with Crippen LogP contribution >= 0.6 is 23.6 Å². The van der Waals surface area contributed by atoms with Crippen LogP contribution in [-0.2, 0) is 9.53 Å². The van der Waals surface area contributed by atoms with E-state index in [0.717, 1.165) is 33.5 Å². The molecule has 2 atom stereocenters. The van der Waals surface area contributed by atoms with Gasteiger partial charge < -0.3 is 25.0 Å². The van der Waals surface area contributed by atoms with Crippen LogP contribution in [0.3, 0.4) is 0 Å². The Kier molecular flexibility index (Phi) is 7.41. The maximum absolute atomic E-state index is 12.3. The molecule has 0 aliphatic carbocycles. The lowest BCUT2D eigenvalue weighted by atomic mass is 9.96. The van der Waals surface area contributed by atoms with Gasteiger partial charge in [0.15, 0.2) is 10.2 Å². The quantitative estimate of drug-likeness (QED) is 0.306. The number of nitrogens with one attached hydrogen (secondary N) is 2. The number of carbonyl (C=O) groups excluding carboxylic acids is 1. The molecule has 0 radical (unpaired) electrons. The highest BCUT2D eigenvalue weighted by Gasteiger charge is 2.42. The van der Waals surface area contributed by atoms with Crippen LogP contribution in [-0.4, -0.2) is 46.4 Å². The van der Waals surface area contributed by atoms with Gasteiger partial charge in [0.25, 0.3) is 0 Å². The molecule has 3 aromatic heterocycles. The number of anilines is 2. The Morgan fingerprint density at radius 3 is 2.68 bits per heavy atom. The third-order valence-electron chi connectivity index (χ3n) is 6.51. The van der Waals surface area contributed by atoms with Crippen LogP contribution in [0, 0.1) is 13.8 Å². The van der Waals surface area contributed by atoms with Crippen molar-refractivity contribution in [3.8, 4) is 10.9 Å². The minimum atomic E-state index is -0.278. The van der Waals surface area contributed by atoms with E-state index in [0.29, 0.717) is 16.5 Å². The summed E-state index contributed by atoms with van der Waals surface area (Å²) < 4.78 is 12.7. The van der Waals surface area contributed by atoms with Gasteiger partial charge >= 0.3 is 0 Å².